The number of H-pyrrole nitrogens is 1. The van der Waals surface area contributed by atoms with Crippen LogP contribution in [0.2, 0.25) is 0 Å². The Morgan fingerprint density at radius 1 is 0.947 bits per heavy atom. The number of benzene rings is 2. The highest BCUT2D eigenvalue weighted by Gasteiger charge is 2.10. The quantitative estimate of drug-likeness (QED) is 0.737. The molecule has 0 fully saturated rings. The first-order valence-corrected chi connectivity index (χ1v) is 5.80. The van der Waals surface area contributed by atoms with Gasteiger partial charge in [0.05, 0.1) is 5.69 Å². The van der Waals surface area contributed by atoms with Crippen molar-refractivity contribution in [2.24, 2.45) is 0 Å². The van der Waals surface area contributed by atoms with Gasteiger partial charge in [0, 0.05) is 23.4 Å². The number of hydrogen-bond donors (Lipinski definition) is 1. The van der Waals surface area contributed by atoms with Crippen LogP contribution in [0.3, 0.4) is 0 Å². The number of halogens is 2. The van der Waals surface area contributed by atoms with Crippen molar-refractivity contribution in [1.82, 2.24) is 9.97 Å². The summed E-state index contributed by atoms with van der Waals surface area (Å²) in [4.78, 5) is 7.31. The van der Waals surface area contributed by atoms with E-state index in [0.29, 0.717) is 11.5 Å². The average Bonchev–Trinajstić information content (AvgIpc) is 2.89. The molecule has 19 heavy (non-hydrogen) atoms. The fraction of sp³-hybridized carbons (Fsp3) is 0. The smallest absolute Gasteiger partial charge is 0.138 e. The van der Waals surface area contributed by atoms with Crippen LogP contribution in [-0.2, 0) is 0 Å². The molecule has 0 spiro atoms. The molecule has 0 radical (unpaired) electrons. The topological polar surface area (TPSA) is 28.7 Å². The third kappa shape index (κ3) is 2.25. The van der Waals surface area contributed by atoms with Gasteiger partial charge in [-0.1, -0.05) is 30.3 Å². The fourth-order valence-corrected chi connectivity index (χ4v) is 1.90. The molecule has 1 aromatic heterocycles. The molecule has 0 saturated heterocycles. The number of rotatable bonds is 2. The van der Waals surface area contributed by atoms with Gasteiger partial charge >= 0.3 is 0 Å². The van der Waals surface area contributed by atoms with Crippen LogP contribution in [0.15, 0.2) is 54.7 Å². The van der Waals surface area contributed by atoms with Crippen LogP contribution in [0.25, 0.3) is 22.6 Å². The van der Waals surface area contributed by atoms with E-state index in [4.69, 9.17) is 0 Å². The molecule has 0 saturated carbocycles. The van der Waals surface area contributed by atoms with E-state index in [1.807, 2.05) is 30.3 Å². The lowest BCUT2D eigenvalue weighted by Crippen LogP contribution is -1.86. The van der Waals surface area contributed by atoms with E-state index in [-0.39, 0.29) is 5.56 Å². The second kappa shape index (κ2) is 4.65. The molecule has 3 aromatic rings. The van der Waals surface area contributed by atoms with Crippen LogP contribution < -0.4 is 0 Å². The number of hydrogen-bond acceptors (Lipinski definition) is 1. The van der Waals surface area contributed by atoms with Gasteiger partial charge < -0.3 is 4.98 Å². The van der Waals surface area contributed by atoms with Gasteiger partial charge in [0.25, 0.3) is 0 Å². The van der Waals surface area contributed by atoms with E-state index in [1.165, 1.54) is 12.1 Å². The van der Waals surface area contributed by atoms with Gasteiger partial charge in [0.15, 0.2) is 0 Å². The molecule has 0 atom stereocenters. The van der Waals surface area contributed by atoms with E-state index in [1.54, 1.807) is 6.20 Å². The Morgan fingerprint density at radius 2 is 1.74 bits per heavy atom. The molecule has 0 unspecified atom stereocenters. The van der Waals surface area contributed by atoms with Crippen molar-refractivity contribution in [3.05, 3.63) is 66.4 Å². The predicted molar refractivity (Wildman–Crippen MR) is 69.4 cm³/mol. The third-order valence-corrected chi connectivity index (χ3v) is 2.83. The van der Waals surface area contributed by atoms with Gasteiger partial charge in [-0.2, -0.15) is 0 Å². The molecule has 94 valence electrons. The van der Waals surface area contributed by atoms with Crippen molar-refractivity contribution in [1.29, 1.82) is 0 Å². The van der Waals surface area contributed by atoms with Crippen molar-refractivity contribution in [3.8, 4) is 22.6 Å². The predicted octanol–water partition coefficient (Wildman–Crippen LogP) is 4.02. The normalized spacial score (nSPS) is 10.6. The zero-order chi connectivity index (χ0) is 13.2. The van der Waals surface area contributed by atoms with E-state index < -0.39 is 11.6 Å². The minimum absolute atomic E-state index is 0.278. The molecule has 0 aliphatic rings. The summed E-state index contributed by atoms with van der Waals surface area (Å²) in [5.41, 5.74) is 1.65. The first-order chi connectivity index (χ1) is 9.24. The zero-order valence-electron chi connectivity index (χ0n) is 9.90. The van der Waals surface area contributed by atoms with Gasteiger partial charge in [-0.15, -0.1) is 0 Å². The standard InChI is InChI=1S/C15H10F2N2/c16-11-6-7-12(13(17)8-11)14-9-18-15(19-14)10-4-2-1-3-5-10/h1-9H,(H,18,19). The summed E-state index contributed by atoms with van der Waals surface area (Å²) < 4.78 is 26.5. The van der Waals surface area contributed by atoms with Gasteiger partial charge in [0.1, 0.15) is 17.5 Å². The number of nitrogens with zero attached hydrogens (tertiary/aromatic N) is 1. The van der Waals surface area contributed by atoms with Crippen LogP contribution in [-0.4, -0.2) is 9.97 Å². The lowest BCUT2D eigenvalue weighted by atomic mass is 10.1. The van der Waals surface area contributed by atoms with Crippen LogP contribution in [0.1, 0.15) is 0 Å². The van der Waals surface area contributed by atoms with Gasteiger partial charge in [-0.3, -0.25) is 0 Å². The maximum absolute atomic E-state index is 13.7. The summed E-state index contributed by atoms with van der Waals surface area (Å²) in [6, 6.07) is 13.0. The molecular weight excluding hydrogens is 246 g/mol. The minimum Gasteiger partial charge on any atom is -0.344 e. The molecular formula is C15H10F2N2. The summed E-state index contributed by atoms with van der Waals surface area (Å²) >= 11 is 0. The van der Waals surface area contributed by atoms with Crippen LogP contribution >= 0.6 is 0 Å². The van der Waals surface area contributed by atoms with Crippen molar-refractivity contribution in [2.75, 3.05) is 0 Å². The second-order valence-electron chi connectivity index (χ2n) is 4.12. The molecule has 1 heterocycles. The lowest BCUT2D eigenvalue weighted by Gasteiger charge is -1.99. The molecule has 2 aromatic carbocycles. The molecule has 1 N–H and O–H groups in total. The monoisotopic (exact) mass is 256 g/mol. The molecule has 3 rings (SSSR count). The summed E-state index contributed by atoms with van der Waals surface area (Å²) in [6.45, 7) is 0. The SMILES string of the molecule is Fc1ccc(-c2c[nH]c(-c3ccccc3)n2)c(F)c1. The Balaban J connectivity index is 2.02. The number of imidazole rings is 1. The van der Waals surface area contributed by atoms with Crippen LogP contribution in [0.5, 0.6) is 0 Å². The number of aromatic amines is 1. The Kier molecular flexibility index (Phi) is 2.83. The maximum Gasteiger partial charge on any atom is 0.138 e. The zero-order valence-corrected chi connectivity index (χ0v) is 9.90. The van der Waals surface area contributed by atoms with Crippen LogP contribution in [0, 0.1) is 11.6 Å². The van der Waals surface area contributed by atoms with Crippen molar-refractivity contribution in [3.63, 3.8) is 0 Å². The van der Waals surface area contributed by atoms with Gasteiger partial charge in [-0.25, -0.2) is 13.8 Å². The Morgan fingerprint density at radius 3 is 2.47 bits per heavy atom. The molecule has 2 nitrogen and oxygen atoms in total. The van der Waals surface area contributed by atoms with Crippen molar-refractivity contribution >= 4 is 0 Å². The minimum atomic E-state index is -0.619. The Hall–Kier alpha value is -2.49. The molecule has 0 bridgehead atoms. The van der Waals surface area contributed by atoms with E-state index in [0.717, 1.165) is 11.6 Å². The summed E-state index contributed by atoms with van der Waals surface area (Å²) in [7, 11) is 0. The highest BCUT2D eigenvalue weighted by Crippen LogP contribution is 2.24. The fourth-order valence-electron chi connectivity index (χ4n) is 1.90. The highest BCUT2D eigenvalue weighted by molar-refractivity contribution is 5.64. The van der Waals surface area contributed by atoms with Crippen molar-refractivity contribution in [2.45, 2.75) is 0 Å². The first kappa shape index (κ1) is 11.6. The van der Waals surface area contributed by atoms with Crippen molar-refractivity contribution < 1.29 is 8.78 Å². The summed E-state index contributed by atoms with van der Waals surface area (Å²) in [6.07, 6.45) is 1.61. The van der Waals surface area contributed by atoms with E-state index >= 15 is 0 Å². The Bertz CT molecular complexity index is 705. The molecule has 4 heteroatoms. The molecule has 0 amide bonds. The van der Waals surface area contributed by atoms with Gasteiger partial charge in [-0.05, 0) is 12.1 Å². The molecule has 0 aliphatic carbocycles. The van der Waals surface area contributed by atoms with E-state index in [2.05, 4.69) is 9.97 Å². The summed E-state index contributed by atoms with van der Waals surface area (Å²) in [5, 5.41) is 0. The first-order valence-electron chi connectivity index (χ1n) is 5.80. The maximum atomic E-state index is 13.7. The Labute approximate surface area is 108 Å². The second-order valence-corrected chi connectivity index (χ2v) is 4.12. The third-order valence-electron chi connectivity index (χ3n) is 2.83. The molecule has 0 aliphatic heterocycles. The summed E-state index contributed by atoms with van der Waals surface area (Å²) in [5.74, 6) is -0.564. The van der Waals surface area contributed by atoms with E-state index in [9.17, 15) is 8.78 Å². The number of aromatic nitrogens is 2. The highest BCUT2D eigenvalue weighted by atomic mass is 19.1. The largest absolute Gasteiger partial charge is 0.344 e. The van der Waals surface area contributed by atoms with Crippen LogP contribution in [0.4, 0.5) is 8.78 Å². The lowest BCUT2D eigenvalue weighted by molar-refractivity contribution is 0.585. The number of nitrogens with one attached hydrogen (secondary N) is 1. The average molecular weight is 256 g/mol. The van der Waals surface area contributed by atoms with Gasteiger partial charge in [0.2, 0.25) is 0 Å².